The van der Waals surface area contributed by atoms with Crippen LogP contribution >= 0.6 is 0 Å². The van der Waals surface area contributed by atoms with Crippen molar-refractivity contribution in [3.63, 3.8) is 0 Å². The van der Waals surface area contributed by atoms with Crippen LogP contribution in [0.5, 0.6) is 0 Å². The van der Waals surface area contributed by atoms with Gasteiger partial charge in [-0.05, 0) is 51.5 Å². The van der Waals surface area contributed by atoms with E-state index in [0.29, 0.717) is 18.2 Å². The van der Waals surface area contributed by atoms with E-state index < -0.39 is 5.54 Å². The standard InChI is InChI=1S/C16H28N2O3/c1-20-14-4-3-9-18(11-14)13-7-8-16(10-13,15(19)21-2)17-12-5-6-12/h12-14,17H,3-11H2,1-2H3. The minimum Gasteiger partial charge on any atom is -0.468 e. The summed E-state index contributed by atoms with van der Waals surface area (Å²) >= 11 is 0. The van der Waals surface area contributed by atoms with E-state index >= 15 is 0 Å². The lowest BCUT2D eigenvalue weighted by Crippen LogP contribution is -2.53. The molecule has 3 atom stereocenters. The zero-order chi connectivity index (χ0) is 14.9. The van der Waals surface area contributed by atoms with Crippen molar-refractivity contribution >= 4 is 5.97 Å². The van der Waals surface area contributed by atoms with Crippen LogP contribution in [0.1, 0.15) is 44.9 Å². The van der Waals surface area contributed by atoms with Crippen LogP contribution in [0.25, 0.3) is 0 Å². The summed E-state index contributed by atoms with van der Waals surface area (Å²) in [6.45, 7) is 2.13. The summed E-state index contributed by atoms with van der Waals surface area (Å²) in [5.74, 6) is -0.0720. The van der Waals surface area contributed by atoms with E-state index in [9.17, 15) is 4.79 Å². The van der Waals surface area contributed by atoms with Gasteiger partial charge in [0.2, 0.25) is 0 Å². The van der Waals surface area contributed by atoms with Crippen LogP contribution in [-0.2, 0) is 14.3 Å². The predicted octanol–water partition coefficient (Wildman–Crippen LogP) is 1.31. The van der Waals surface area contributed by atoms with Gasteiger partial charge in [0.15, 0.2) is 0 Å². The molecular formula is C16H28N2O3. The normalized spacial score (nSPS) is 37.6. The number of carbonyl (C=O) groups is 1. The third kappa shape index (κ3) is 3.25. The van der Waals surface area contributed by atoms with Gasteiger partial charge in [-0.25, -0.2) is 0 Å². The first-order valence-electron chi connectivity index (χ1n) is 8.30. The molecule has 3 rings (SSSR count). The maximum absolute atomic E-state index is 12.3. The highest BCUT2D eigenvalue weighted by Gasteiger charge is 2.50. The van der Waals surface area contributed by atoms with Gasteiger partial charge in [-0.2, -0.15) is 0 Å². The third-order valence-electron chi connectivity index (χ3n) is 5.38. The van der Waals surface area contributed by atoms with E-state index in [-0.39, 0.29) is 5.97 Å². The molecule has 2 saturated carbocycles. The summed E-state index contributed by atoms with van der Waals surface area (Å²) in [4.78, 5) is 14.8. The molecule has 2 aliphatic carbocycles. The van der Waals surface area contributed by atoms with Crippen LogP contribution in [0.2, 0.25) is 0 Å². The number of nitrogens with zero attached hydrogens (tertiary/aromatic N) is 1. The summed E-state index contributed by atoms with van der Waals surface area (Å²) in [5, 5.41) is 3.58. The Labute approximate surface area is 127 Å². The minimum absolute atomic E-state index is 0.0720. The van der Waals surface area contributed by atoms with E-state index in [2.05, 4.69) is 10.2 Å². The molecule has 5 heteroatoms. The van der Waals surface area contributed by atoms with Gasteiger partial charge in [0.1, 0.15) is 5.54 Å². The van der Waals surface area contributed by atoms with Crippen LogP contribution in [0.4, 0.5) is 0 Å². The van der Waals surface area contributed by atoms with Gasteiger partial charge in [0.25, 0.3) is 0 Å². The number of piperidine rings is 1. The van der Waals surface area contributed by atoms with Gasteiger partial charge in [0, 0.05) is 25.7 Å². The van der Waals surface area contributed by atoms with E-state index in [1.807, 2.05) is 0 Å². The lowest BCUT2D eigenvalue weighted by atomic mass is 9.96. The van der Waals surface area contributed by atoms with Gasteiger partial charge >= 0.3 is 5.97 Å². The second-order valence-corrected chi connectivity index (χ2v) is 6.88. The zero-order valence-electron chi connectivity index (χ0n) is 13.3. The van der Waals surface area contributed by atoms with Crippen molar-refractivity contribution in [2.75, 3.05) is 27.3 Å². The number of hydrogen-bond acceptors (Lipinski definition) is 5. The Kier molecular flexibility index (Phi) is 4.52. The predicted molar refractivity (Wildman–Crippen MR) is 80.1 cm³/mol. The topological polar surface area (TPSA) is 50.8 Å². The quantitative estimate of drug-likeness (QED) is 0.775. The summed E-state index contributed by atoms with van der Waals surface area (Å²) in [6.07, 6.45) is 7.94. The molecule has 1 heterocycles. The third-order valence-corrected chi connectivity index (χ3v) is 5.38. The highest BCUT2D eigenvalue weighted by Crippen LogP contribution is 2.38. The van der Waals surface area contributed by atoms with Crippen molar-refractivity contribution in [2.24, 2.45) is 0 Å². The lowest BCUT2D eigenvalue weighted by molar-refractivity contribution is -0.148. The molecule has 1 N–H and O–H groups in total. The molecule has 1 aliphatic heterocycles. The summed E-state index contributed by atoms with van der Waals surface area (Å²) in [6, 6.07) is 1.00. The Balaban J connectivity index is 1.65. The Morgan fingerprint density at radius 2 is 2.05 bits per heavy atom. The fourth-order valence-corrected chi connectivity index (χ4v) is 4.01. The number of nitrogens with one attached hydrogen (secondary N) is 1. The maximum atomic E-state index is 12.3. The number of ether oxygens (including phenoxy) is 2. The molecule has 0 amide bonds. The van der Waals surface area contributed by atoms with E-state index in [4.69, 9.17) is 9.47 Å². The summed E-state index contributed by atoms with van der Waals surface area (Å²) < 4.78 is 10.6. The minimum atomic E-state index is -0.444. The second-order valence-electron chi connectivity index (χ2n) is 6.88. The molecule has 1 saturated heterocycles. The van der Waals surface area contributed by atoms with Crippen molar-refractivity contribution in [3.05, 3.63) is 0 Å². The van der Waals surface area contributed by atoms with Crippen molar-refractivity contribution in [2.45, 2.75) is 68.7 Å². The first kappa shape index (κ1) is 15.3. The highest BCUT2D eigenvalue weighted by atomic mass is 16.5. The second kappa shape index (κ2) is 6.23. The van der Waals surface area contributed by atoms with E-state index in [0.717, 1.165) is 38.8 Å². The molecule has 0 radical (unpaired) electrons. The van der Waals surface area contributed by atoms with Crippen LogP contribution in [0, 0.1) is 0 Å². The zero-order valence-corrected chi connectivity index (χ0v) is 13.3. The Hall–Kier alpha value is -0.650. The molecule has 3 aliphatic rings. The Morgan fingerprint density at radius 3 is 2.71 bits per heavy atom. The number of esters is 1. The Bertz CT molecular complexity index is 386. The van der Waals surface area contributed by atoms with Crippen molar-refractivity contribution in [1.29, 1.82) is 0 Å². The molecule has 0 bridgehead atoms. The molecule has 3 fully saturated rings. The fourth-order valence-electron chi connectivity index (χ4n) is 4.01. The highest BCUT2D eigenvalue weighted by molar-refractivity contribution is 5.81. The number of carbonyl (C=O) groups excluding carboxylic acids is 1. The monoisotopic (exact) mass is 296 g/mol. The lowest BCUT2D eigenvalue weighted by Gasteiger charge is -2.37. The van der Waals surface area contributed by atoms with Crippen molar-refractivity contribution in [3.8, 4) is 0 Å². The first-order valence-corrected chi connectivity index (χ1v) is 8.30. The summed E-state index contributed by atoms with van der Waals surface area (Å²) in [5.41, 5.74) is -0.444. The van der Waals surface area contributed by atoms with Gasteiger partial charge < -0.3 is 9.47 Å². The molecular weight excluding hydrogens is 268 g/mol. The van der Waals surface area contributed by atoms with Crippen molar-refractivity contribution < 1.29 is 14.3 Å². The smallest absolute Gasteiger partial charge is 0.326 e. The molecule has 3 unspecified atom stereocenters. The largest absolute Gasteiger partial charge is 0.468 e. The average Bonchev–Trinajstić information content (AvgIpc) is 3.23. The van der Waals surface area contributed by atoms with Crippen LogP contribution in [0.3, 0.4) is 0 Å². The van der Waals surface area contributed by atoms with Crippen LogP contribution in [0.15, 0.2) is 0 Å². The number of likely N-dealkylation sites (tertiary alicyclic amines) is 1. The number of hydrogen-bond donors (Lipinski definition) is 1. The average molecular weight is 296 g/mol. The van der Waals surface area contributed by atoms with Gasteiger partial charge in [-0.3, -0.25) is 15.0 Å². The van der Waals surface area contributed by atoms with Crippen LogP contribution in [-0.4, -0.2) is 61.9 Å². The number of rotatable bonds is 5. The number of methoxy groups -OCH3 is 2. The Morgan fingerprint density at radius 1 is 1.24 bits per heavy atom. The van der Waals surface area contributed by atoms with Crippen LogP contribution < -0.4 is 5.32 Å². The van der Waals surface area contributed by atoms with Gasteiger partial charge in [0.05, 0.1) is 13.2 Å². The molecule has 0 aromatic heterocycles. The van der Waals surface area contributed by atoms with Crippen molar-refractivity contribution in [1.82, 2.24) is 10.2 Å². The van der Waals surface area contributed by atoms with Gasteiger partial charge in [-0.1, -0.05) is 0 Å². The maximum Gasteiger partial charge on any atom is 0.326 e. The van der Waals surface area contributed by atoms with Gasteiger partial charge in [-0.15, -0.1) is 0 Å². The molecule has 21 heavy (non-hydrogen) atoms. The molecule has 5 nitrogen and oxygen atoms in total. The fraction of sp³-hybridized carbons (Fsp3) is 0.938. The SMILES string of the molecule is COC(=O)C1(NC2CC2)CCC(N2CCCC(OC)C2)C1. The van der Waals surface area contributed by atoms with E-state index in [1.54, 1.807) is 7.11 Å². The molecule has 120 valence electrons. The molecule has 0 spiro atoms. The molecule has 0 aromatic carbocycles. The van der Waals surface area contributed by atoms with E-state index in [1.165, 1.54) is 26.4 Å². The summed E-state index contributed by atoms with van der Waals surface area (Å²) in [7, 11) is 3.31. The molecule has 0 aromatic rings. The first-order chi connectivity index (χ1) is 10.2.